The first-order valence-electron chi connectivity index (χ1n) is 6.59. The molecule has 19 heavy (non-hydrogen) atoms. The second-order valence-corrected chi connectivity index (χ2v) is 4.96. The maximum Gasteiger partial charge on any atom is 0.252 e. The molecule has 0 saturated carbocycles. The number of hydrogen-bond donors (Lipinski definition) is 2. The van der Waals surface area contributed by atoms with E-state index in [1.165, 1.54) is 6.42 Å². The highest BCUT2D eigenvalue weighted by atomic mass is 16.5. The number of benzene rings is 1. The lowest BCUT2D eigenvalue weighted by Gasteiger charge is -2.19. The van der Waals surface area contributed by atoms with E-state index in [1.807, 2.05) is 18.2 Å². The maximum atomic E-state index is 11.4. The summed E-state index contributed by atoms with van der Waals surface area (Å²) in [7, 11) is 0. The minimum Gasteiger partial charge on any atom is -0.491 e. The summed E-state index contributed by atoms with van der Waals surface area (Å²) >= 11 is 0. The van der Waals surface area contributed by atoms with Gasteiger partial charge in [0.1, 0.15) is 18.2 Å². The van der Waals surface area contributed by atoms with Gasteiger partial charge < -0.3 is 15.8 Å². The van der Waals surface area contributed by atoms with Gasteiger partial charge in [-0.05, 0) is 31.0 Å². The fourth-order valence-corrected chi connectivity index (χ4v) is 2.62. The van der Waals surface area contributed by atoms with Crippen LogP contribution in [0, 0.1) is 0 Å². The van der Waals surface area contributed by atoms with E-state index >= 15 is 0 Å². The summed E-state index contributed by atoms with van der Waals surface area (Å²) in [6.45, 7) is 1.68. The second kappa shape index (κ2) is 5.01. The third-order valence-electron chi connectivity index (χ3n) is 3.56. The van der Waals surface area contributed by atoms with Crippen LogP contribution in [0.5, 0.6) is 5.75 Å². The van der Waals surface area contributed by atoms with Crippen molar-refractivity contribution in [2.45, 2.75) is 25.3 Å². The van der Waals surface area contributed by atoms with Crippen LogP contribution < -0.4 is 15.8 Å². The molecule has 3 rings (SSSR count). The van der Waals surface area contributed by atoms with Gasteiger partial charge in [-0.1, -0.05) is 12.1 Å². The topological polar surface area (TPSA) is 76.7 Å². The van der Waals surface area contributed by atoms with E-state index in [2.05, 4.69) is 10.3 Å². The van der Waals surface area contributed by atoms with Crippen LogP contribution in [0.4, 0.5) is 0 Å². The van der Waals surface area contributed by atoms with E-state index in [0.717, 1.165) is 29.8 Å². The number of aliphatic imine (C=N–C) groups is 1. The molecule has 1 saturated heterocycles. The average molecular weight is 259 g/mol. The summed E-state index contributed by atoms with van der Waals surface area (Å²) in [6.07, 6.45) is 2.63. The molecule has 2 aliphatic heterocycles. The zero-order valence-corrected chi connectivity index (χ0v) is 10.7. The Labute approximate surface area is 111 Å². The van der Waals surface area contributed by atoms with Crippen molar-refractivity contribution < 1.29 is 9.53 Å². The summed E-state index contributed by atoms with van der Waals surface area (Å²) in [4.78, 5) is 15.2. The standard InChI is InChI=1S/C14H17N3O2/c15-14-13-9(7-12(18)17-14)3-1-5-11(13)19-8-10-4-2-6-16-10/h1,3,5,10,16H,2,4,6-8H2,(H2,15,17,18)/t10-/m0/s1. The SMILES string of the molecule is NC1=NC(=O)Cc2cccc(OC[C@@H]3CCCN3)c21. The van der Waals surface area contributed by atoms with Gasteiger partial charge in [0, 0.05) is 6.04 Å². The van der Waals surface area contributed by atoms with Crippen LogP contribution >= 0.6 is 0 Å². The predicted octanol–water partition coefficient (Wildman–Crippen LogP) is 0.605. The molecule has 1 amide bonds. The van der Waals surface area contributed by atoms with Crippen LogP contribution in [0.1, 0.15) is 24.0 Å². The number of rotatable bonds is 3. The highest BCUT2D eigenvalue weighted by Crippen LogP contribution is 2.26. The van der Waals surface area contributed by atoms with Crippen molar-refractivity contribution in [2.24, 2.45) is 10.7 Å². The Hall–Kier alpha value is -1.88. The van der Waals surface area contributed by atoms with E-state index in [1.54, 1.807) is 0 Å². The van der Waals surface area contributed by atoms with Crippen LogP contribution in [-0.2, 0) is 11.2 Å². The minimum absolute atomic E-state index is 0.195. The van der Waals surface area contributed by atoms with Crippen LogP contribution in [0.25, 0.3) is 0 Å². The third kappa shape index (κ3) is 2.46. The van der Waals surface area contributed by atoms with E-state index in [0.29, 0.717) is 19.1 Å². The smallest absolute Gasteiger partial charge is 0.252 e. The van der Waals surface area contributed by atoms with Crippen LogP contribution in [0.2, 0.25) is 0 Å². The number of amides is 1. The van der Waals surface area contributed by atoms with E-state index in [9.17, 15) is 4.79 Å². The first kappa shape index (κ1) is 12.2. The van der Waals surface area contributed by atoms with Crippen molar-refractivity contribution in [3.05, 3.63) is 29.3 Å². The van der Waals surface area contributed by atoms with Gasteiger partial charge in [-0.25, -0.2) is 0 Å². The van der Waals surface area contributed by atoms with Crippen LogP contribution in [0.3, 0.4) is 0 Å². The highest BCUT2D eigenvalue weighted by Gasteiger charge is 2.22. The maximum absolute atomic E-state index is 11.4. The number of fused-ring (bicyclic) bond motifs is 1. The average Bonchev–Trinajstić information content (AvgIpc) is 2.88. The van der Waals surface area contributed by atoms with Crippen molar-refractivity contribution >= 4 is 11.7 Å². The lowest BCUT2D eigenvalue weighted by Crippen LogP contribution is -2.29. The van der Waals surface area contributed by atoms with Crippen molar-refractivity contribution in [3.8, 4) is 5.75 Å². The van der Waals surface area contributed by atoms with Crippen molar-refractivity contribution in [2.75, 3.05) is 13.2 Å². The molecule has 0 bridgehead atoms. The molecule has 1 aromatic rings. The molecule has 2 heterocycles. The van der Waals surface area contributed by atoms with Gasteiger partial charge >= 0.3 is 0 Å². The van der Waals surface area contributed by atoms with Gasteiger partial charge in [0.05, 0.1) is 12.0 Å². The molecule has 2 aliphatic rings. The summed E-state index contributed by atoms with van der Waals surface area (Å²) in [5.41, 5.74) is 7.53. The van der Waals surface area contributed by atoms with Crippen molar-refractivity contribution in [1.29, 1.82) is 0 Å². The number of amidine groups is 1. The number of nitrogens with two attached hydrogens (primary N) is 1. The molecule has 0 radical (unpaired) electrons. The normalized spacial score (nSPS) is 22.0. The van der Waals surface area contributed by atoms with E-state index in [4.69, 9.17) is 10.5 Å². The molecular formula is C14H17N3O2. The Morgan fingerprint density at radius 2 is 2.37 bits per heavy atom. The first-order chi connectivity index (χ1) is 9.24. The number of hydrogen-bond acceptors (Lipinski definition) is 4. The monoisotopic (exact) mass is 259 g/mol. The Balaban J connectivity index is 1.81. The number of nitrogens with zero attached hydrogens (tertiary/aromatic N) is 1. The molecule has 5 nitrogen and oxygen atoms in total. The van der Waals surface area contributed by atoms with Gasteiger partial charge in [0.2, 0.25) is 0 Å². The molecule has 3 N–H and O–H groups in total. The first-order valence-corrected chi connectivity index (χ1v) is 6.59. The Morgan fingerprint density at radius 3 is 3.16 bits per heavy atom. The van der Waals surface area contributed by atoms with Crippen LogP contribution in [0.15, 0.2) is 23.2 Å². The lowest BCUT2D eigenvalue weighted by molar-refractivity contribution is -0.117. The van der Waals surface area contributed by atoms with E-state index in [-0.39, 0.29) is 11.7 Å². The largest absolute Gasteiger partial charge is 0.491 e. The molecular weight excluding hydrogens is 242 g/mol. The van der Waals surface area contributed by atoms with E-state index < -0.39 is 0 Å². The summed E-state index contributed by atoms with van der Waals surface area (Å²) in [6, 6.07) is 6.07. The zero-order valence-electron chi connectivity index (χ0n) is 10.7. The van der Waals surface area contributed by atoms with Crippen molar-refractivity contribution in [3.63, 3.8) is 0 Å². The van der Waals surface area contributed by atoms with Gasteiger partial charge in [-0.2, -0.15) is 4.99 Å². The molecule has 0 aromatic heterocycles. The molecule has 1 atom stereocenters. The quantitative estimate of drug-likeness (QED) is 0.833. The number of carbonyl (C=O) groups is 1. The van der Waals surface area contributed by atoms with Crippen LogP contribution in [-0.4, -0.2) is 30.9 Å². The summed E-state index contributed by atoms with van der Waals surface area (Å²) < 4.78 is 5.86. The van der Waals surface area contributed by atoms with Gasteiger partial charge in [0.15, 0.2) is 0 Å². The number of carbonyl (C=O) groups excluding carboxylic acids is 1. The predicted molar refractivity (Wildman–Crippen MR) is 72.4 cm³/mol. The number of nitrogens with one attached hydrogen (secondary N) is 1. The molecule has 0 aliphatic carbocycles. The fourth-order valence-electron chi connectivity index (χ4n) is 2.62. The molecule has 0 spiro atoms. The molecule has 0 unspecified atom stereocenters. The molecule has 1 fully saturated rings. The molecule has 5 heteroatoms. The Bertz CT molecular complexity index is 533. The molecule has 100 valence electrons. The fraction of sp³-hybridized carbons (Fsp3) is 0.429. The lowest BCUT2D eigenvalue weighted by atomic mass is 10.00. The highest BCUT2D eigenvalue weighted by molar-refractivity contribution is 6.10. The Morgan fingerprint density at radius 1 is 1.47 bits per heavy atom. The third-order valence-corrected chi connectivity index (χ3v) is 3.56. The van der Waals surface area contributed by atoms with Gasteiger partial charge in [0.25, 0.3) is 5.91 Å². The zero-order chi connectivity index (χ0) is 13.2. The summed E-state index contributed by atoms with van der Waals surface area (Å²) in [5.74, 6) is 0.792. The van der Waals surface area contributed by atoms with Gasteiger partial charge in [-0.15, -0.1) is 0 Å². The second-order valence-electron chi connectivity index (χ2n) is 4.96. The molecule has 1 aromatic carbocycles. The van der Waals surface area contributed by atoms with Crippen molar-refractivity contribution in [1.82, 2.24) is 5.32 Å². The van der Waals surface area contributed by atoms with Gasteiger partial charge in [-0.3, -0.25) is 4.79 Å². The number of ether oxygens (including phenoxy) is 1. The Kier molecular flexibility index (Phi) is 3.21. The minimum atomic E-state index is -0.195. The summed E-state index contributed by atoms with van der Waals surface area (Å²) in [5, 5.41) is 3.38.